The molecule has 0 saturated heterocycles. The van der Waals surface area contributed by atoms with Gasteiger partial charge in [-0.05, 0) is 17.7 Å². The highest BCUT2D eigenvalue weighted by molar-refractivity contribution is 5.20. The molecule has 3 heteroatoms. The van der Waals surface area contributed by atoms with Crippen LogP contribution in [-0.4, -0.2) is 49.5 Å². The van der Waals surface area contributed by atoms with Gasteiger partial charge in [-0.2, -0.15) is 0 Å². The number of hydrogen-bond acceptors (Lipinski definition) is 2. The topological polar surface area (TPSA) is 29.5 Å². The zero-order chi connectivity index (χ0) is 15.8. The Hall–Kier alpha value is -1.84. The largest absolute Gasteiger partial charge is 0.491 e. The lowest BCUT2D eigenvalue weighted by Gasteiger charge is -2.32. The van der Waals surface area contributed by atoms with E-state index in [1.54, 1.807) is 0 Å². The van der Waals surface area contributed by atoms with Crippen LogP contribution >= 0.6 is 0 Å². The maximum atomic E-state index is 10.2. The Kier molecular flexibility index (Phi) is 5.99. The number of aliphatic hydroxyl groups is 1. The van der Waals surface area contributed by atoms with E-state index in [-0.39, 0.29) is 0 Å². The fourth-order valence-electron chi connectivity index (χ4n) is 2.50. The van der Waals surface area contributed by atoms with Crippen LogP contribution in [0.4, 0.5) is 0 Å². The maximum absolute atomic E-state index is 10.2. The first-order valence-corrected chi connectivity index (χ1v) is 7.77. The van der Waals surface area contributed by atoms with E-state index in [0.29, 0.717) is 13.2 Å². The van der Waals surface area contributed by atoms with Crippen LogP contribution in [-0.2, 0) is 6.42 Å². The fraction of sp³-hybridized carbons (Fsp3) is 0.368. The van der Waals surface area contributed by atoms with Gasteiger partial charge in [-0.3, -0.25) is 0 Å². The molecule has 0 radical (unpaired) electrons. The summed E-state index contributed by atoms with van der Waals surface area (Å²) in [6, 6.07) is 20.1. The first-order chi connectivity index (χ1) is 10.6. The molecule has 0 fully saturated rings. The fourth-order valence-corrected chi connectivity index (χ4v) is 2.50. The van der Waals surface area contributed by atoms with Crippen molar-refractivity contribution in [3.63, 3.8) is 0 Å². The molecule has 0 aliphatic heterocycles. The second kappa shape index (κ2) is 7.97. The van der Waals surface area contributed by atoms with E-state index in [0.717, 1.165) is 23.2 Å². The second-order valence-electron chi connectivity index (χ2n) is 6.36. The molecule has 118 valence electrons. The molecule has 0 heterocycles. The van der Waals surface area contributed by atoms with Gasteiger partial charge in [0.2, 0.25) is 0 Å². The number of para-hydroxylation sites is 1. The zero-order valence-corrected chi connectivity index (χ0v) is 13.5. The van der Waals surface area contributed by atoms with Gasteiger partial charge in [0, 0.05) is 6.42 Å². The molecule has 1 N–H and O–H groups in total. The van der Waals surface area contributed by atoms with Gasteiger partial charge in [0.15, 0.2) is 0 Å². The summed E-state index contributed by atoms with van der Waals surface area (Å²) in [5.74, 6) is 0.802. The summed E-state index contributed by atoms with van der Waals surface area (Å²) in [4.78, 5) is 0. The average molecular weight is 300 g/mol. The van der Waals surface area contributed by atoms with Gasteiger partial charge >= 0.3 is 0 Å². The minimum absolute atomic E-state index is 0.330. The molecule has 2 aromatic rings. The van der Waals surface area contributed by atoms with Crippen molar-refractivity contribution in [3.05, 3.63) is 66.2 Å². The Labute approximate surface area is 133 Å². The van der Waals surface area contributed by atoms with E-state index in [4.69, 9.17) is 4.74 Å². The molecule has 0 bridgehead atoms. The number of rotatable bonds is 8. The third-order valence-corrected chi connectivity index (χ3v) is 3.74. The van der Waals surface area contributed by atoms with Crippen LogP contribution < -0.4 is 4.74 Å². The van der Waals surface area contributed by atoms with Gasteiger partial charge in [0.1, 0.15) is 25.0 Å². The maximum Gasteiger partial charge on any atom is 0.137 e. The molecule has 0 saturated carbocycles. The van der Waals surface area contributed by atoms with Crippen LogP contribution in [0.1, 0.15) is 5.56 Å². The van der Waals surface area contributed by atoms with Crippen LogP contribution in [0.5, 0.6) is 5.75 Å². The van der Waals surface area contributed by atoms with E-state index in [9.17, 15) is 5.11 Å². The Morgan fingerprint density at radius 1 is 0.955 bits per heavy atom. The van der Waals surface area contributed by atoms with Gasteiger partial charge in [-0.25, -0.2) is 0 Å². The van der Waals surface area contributed by atoms with Gasteiger partial charge < -0.3 is 14.3 Å². The van der Waals surface area contributed by atoms with Crippen LogP contribution in [0, 0.1) is 0 Å². The smallest absolute Gasteiger partial charge is 0.137 e. The molecule has 22 heavy (non-hydrogen) atoms. The number of nitrogens with zero attached hydrogens (tertiary/aromatic N) is 1. The molecule has 0 aliphatic carbocycles. The standard InChI is InChI=1S/C19H26NO2/c1-20(2,14-13-17-9-5-3-6-10-17)15-18(21)16-22-19-11-7-4-8-12-19/h3-12,18,21H,13-16H2,1-2H3/q+1. The number of hydrogen-bond donors (Lipinski definition) is 1. The minimum atomic E-state index is -0.467. The molecular formula is C19H26NO2+. The highest BCUT2D eigenvalue weighted by atomic mass is 16.5. The number of benzene rings is 2. The van der Waals surface area contributed by atoms with Gasteiger partial charge in [-0.1, -0.05) is 48.5 Å². The van der Waals surface area contributed by atoms with E-state index in [2.05, 4.69) is 38.4 Å². The lowest BCUT2D eigenvalue weighted by Crippen LogP contribution is -2.48. The molecule has 0 aromatic heterocycles. The van der Waals surface area contributed by atoms with Crippen LogP contribution in [0.25, 0.3) is 0 Å². The van der Waals surface area contributed by atoms with Crippen molar-refractivity contribution in [2.24, 2.45) is 0 Å². The van der Waals surface area contributed by atoms with Gasteiger partial charge in [0.05, 0.1) is 20.6 Å². The van der Waals surface area contributed by atoms with Gasteiger partial charge in [0.25, 0.3) is 0 Å². The highest BCUT2D eigenvalue weighted by Gasteiger charge is 2.21. The van der Waals surface area contributed by atoms with Gasteiger partial charge in [-0.15, -0.1) is 0 Å². The SMILES string of the molecule is C[N+](C)(CCc1ccccc1)CC(O)COc1ccccc1. The van der Waals surface area contributed by atoms with Crippen molar-refractivity contribution in [2.75, 3.05) is 33.8 Å². The normalized spacial score (nSPS) is 12.9. The summed E-state index contributed by atoms with van der Waals surface area (Å²) < 4.78 is 6.39. The van der Waals surface area contributed by atoms with Crippen molar-refractivity contribution in [1.29, 1.82) is 0 Å². The molecule has 3 nitrogen and oxygen atoms in total. The predicted molar refractivity (Wildman–Crippen MR) is 89.9 cm³/mol. The van der Waals surface area contributed by atoms with Crippen molar-refractivity contribution in [3.8, 4) is 5.75 Å². The Morgan fingerprint density at radius 2 is 1.55 bits per heavy atom. The first-order valence-electron chi connectivity index (χ1n) is 7.77. The summed E-state index contributed by atoms with van der Waals surface area (Å²) in [7, 11) is 4.29. The van der Waals surface area contributed by atoms with Crippen LogP contribution in [0.15, 0.2) is 60.7 Å². The number of quaternary nitrogens is 1. The summed E-state index contributed by atoms with van der Waals surface area (Å²) in [5.41, 5.74) is 1.34. The molecule has 0 amide bonds. The number of aliphatic hydroxyl groups excluding tert-OH is 1. The summed E-state index contributed by atoms with van der Waals surface area (Å²) in [6.07, 6.45) is 0.547. The van der Waals surface area contributed by atoms with E-state index in [1.165, 1.54) is 5.56 Å². The molecule has 0 aliphatic rings. The quantitative estimate of drug-likeness (QED) is 0.760. The molecule has 1 unspecified atom stereocenters. The Morgan fingerprint density at radius 3 is 2.18 bits per heavy atom. The highest BCUT2D eigenvalue weighted by Crippen LogP contribution is 2.10. The number of likely N-dealkylation sites (N-methyl/N-ethyl adjacent to an activating group) is 1. The minimum Gasteiger partial charge on any atom is -0.491 e. The van der Waals surface area contributed by atoms with Crippen molar-refractivity contribution >= 4 is 0 Å². The molecule has 0 spiro atoms. The summed E-state index contributed by atoms with van der Waals surface area (Å²) in [5, 5.41) is 10.2. The van der Waals surface area contributed by atoms with E-state index < -0.39 is 6.10 Å². The third kappa shape index (κ3) is 5.88. The van der Waals surface area contributed by atoms with Crippen LogP contribution in [0.3, 0.4) is 0 Å². The summed E-state index contributed by atoms with van der Waals surface area (Å²) >= 11 is 0. The van der Waals surface area contributed by atoms with E-state index >= 15 is 0 Å². The number of ether oxygens (including phenoxy) is 1. The average Bonchev–Trinajstić information content (AvgIpc) is 2.53. The lowest BCUT2D eigenvalue weighted by atomic mass is 10.1. The van der Waals surface area contributed by atoms with Crippen molar-refractivity contribution < 1.29 is 14.3 Å². The van der Waals surface area contributed by atoms with Crippen molar-refractivity contribution in [2.45, 2.75) is 12.5 Å². The Balaban J connectivity index is 1.75. The second-order valence-corrected chi connectivity index (χ2v) is 6.36. The van der Waals surface area contributed by atoms with E-state index in [1.807, 2.05) is 36.4 Å². The Bertz CT molecular complexity index is 540. The molecule has 2 rings (SSSR count). The van der Waals surface area contributed by atoms with Crippen molar-refractivity contribution in [1.82, 2.24) is 0 Å². The zero-order valence-electron chi connectivity index (χ0n) is 13.5. The summed E-state index contributed by atoms with van der Waals surface area (Å²) in [6.45, 7) is 2.00. The molecular weight excluding hydrogens is 274 g/mol. The monoisotopic (exact) mass is 300 g/mol. The molecule has 2 aromatic carbocycles. The molecule has 1 atom stereocenters. The lowest BCUT2D eigenvalue weighted by molar-refractivity contribution is -0.893. The predicted octanol–water partition coefficient (Wildman–Crippen LogP) is 2.75. The third-order valence-electron chi connectivity index (χ3n) is 3.74. The van der Waals surface area contributed by atoms with Crippen LogP contribution in [0.2, 0.25) is 0 Å². The first kappa shape index (κ1) is 16.5.